The van der Waals surface area contributed by atoms with Gasteiger partial charge >= 0.3 is 0 Å². The van der Waals surface area contributed by atoms with Gasteiger partial charge in [-0.05, 0) is 45.6 Å². The zero-order valence-corrected chi connectivity index (χ0v) is 16.9. The smallest absolute Gasteiger partial charge is 0.254 e. The Morgan fingerprint density at radius 2 is 1.56 bits per heavy atom. The summed E-state index contributed by atoms with van der Waals surface area (Å²) in [5.74, 6) is -0.338. The van der Waals surface area contributed by atoms with E-state index in [4.69, 9.17) is 34.8 Å². The van der Waals surface area contributed by atoms with Gasteiger partial charge in [-0.1, -0.05) is 65.1 Å². The fourth-order valence-corrected chi connectivity index (χ4v) is 3.52. The molecular formula is C19H21Cl3N2O. The number of carbonyl (C=O) groups excluding carboxylic acids is 1. The molecule has 0 aromatic heterocycles. The van der Waals surface area contributed by atoms with Crippen molar-refractivity contribution in [3.8, 4) is 0 Å². The number of nitrogens with zero attached hydrogens (tertiary/aromatic N) is 1. The molecule has 1 atom stereocenters. The van der Waals surface area contributed by atoms with E-state index in [1.165, 1.54) is 12.1 Å². The number of nitrogens with one attached hydrogen (secondary N) is 1. The van der Waals surface area contributed by atoms with E-state index in [-0.39, 0.29) is 33.1 Å². The predicted molar refractivity (Wildman–Crippen MR) is 106 cm³/mol. The average Bonchev–Trinajstić information content (AvgIpc) is 2.52. The van der Waals surface area contributed by atoms with Crippen molar-refractivity contribution in [1.82, 2.24) is 10.2 Å². The third-order valence-electron chi connectivity index (χ3n) is 4.50. The topological polar surface area (TPSA) is 32.3 Å². The highest BCUT2D eigenvalue weighted by atomic mass is 35.5. The molecule has 0 spiro atoms. The van der Waals surface area contributed by atoms with Crippen LogP contribution >= 0.6 is 34.8 Å². The van der Waals surface area contributed by atoms with E-state index < -0.39 is 0 Å². The summed E-state index contributed by atoms with van der Waals surface area (Å²) in [6, 6.07) is 12.6. The molecule has 3 nitrogen and oxygen atoms in total. The number of likely N-dealkylation sites (N-methyl/N-ethyl adjacent to an activating group) is 1. The van der Waals surface area contributed by atoms with Crippen molar-refractivity contribution in [3.05, 3.63) is 68.7 Å². The van der Waals surface area contributed by atoms with Gasteiger partial charge in [0.2, 0.25) is 0 Å². The summed E-state index contributed by atoms with van der Waals surface area (Å²) < 4.78 is 0. The molecule has 0 aliphatic carbocycles. The molecule has 2 aromatic carbocycles. The monoisotopic (exact) mass is 398 g/mol. The fourth-order valence-electron chi connectivity index (χ4n) is 2.53. The largest absolute Gasteiger partial charge is 0.343 e. The summed E-state index contributed by atoms with van der Waals surface area (Å²) in [5.41, 5.74) is 0.876. The summed E-state index contributed by atoms with van der Waals surface area (Å²) in [6.07, 6.45) is 0. The standard InChI is InChI=1S/C19H21Cl3N2O/c1-19(2,24(3)4)17(12-8-6-5-7-9-12)23-18(25)16-14(21)10-13(20)11-15(16)22/h5-11,17H,1-4H3,(H,23,25). The van der Waals surface area contributed by atoms with Gasteiger partial charge < -0.3 is 10.2 Å². The van der Waals surface area contributed by atoms with Crippen LogP contribution < -0.4 is 5.32 Å². The van der Waals surface area contributed by atoms with Crippen LogP contribution in [-0.4, -0.2) is 30.4 Å². The minimum atomic E-state index is -0.345. The summed E-state index contributed by atoms with van der Waals surface area (Å²) >= 11 is 18.3. The van der Waals surface area contributed by atoms with Gasteiger partial charge in [-0.25, -0.2) is 0 Å². The van der Waals surface area contributed by atoms with Crippen molar-refractivity contribution in [2.45, 2.75) is 25.4 Å². The number of rotatable bonds is 5. The Bertz CT molecular complexity index is 738. The van der Waals surface area contributed by atoms with Gasteiger partial charge in [0.25, 0.3) is 5.91 Å². The van der Waals surface area contributed by atoms with E-state index in [9.17, 15) is 4.79 Å². The van der Waals surface area contributed by atoms with Crippen LogP contribution in [0.2, 0.25) is 15.1 Å². The van der Waals surface area contributed by atoms with Crippen molar-refractivity contribution < 1.29 is 4.79 Å². The molecule has 0 radical (unpaired) electrons. The molecule has 2 aromatic rings. The molecule has 6 heteroatoms. The Balaban J connectivity index is 2.43. The Kier molecular flexibility index (Phi) is 6.39. The first kappa shape index (κ1) is 20.1. The number of hydrogen-bond acceptors (Lipinski definition) is 2. The van der Waals surface area contributed by atoms with Gasteiger partial charge in [-0.3, -0.25) is 4.79 Å². The van der Waals surface area contributed by atoms with Gasteiger partial charge in [-0.15, -0.1) is 0 Å². The van der Waals surface area contributed by atoms with Crippen LogP contribution in [0.5, 0.6) is 0 Å². The highest BCUT2D eigenvalue weighted by molar-refractivity contribution is 6.42. The average molecular weight is 400 g/mol. The summed E-state index contributed by atoms with van der Waals surface area (Å²) in [6.45, 7) is 4.13. The maximum atomic E-state index is 12.9. The second-order valence-corrected chi connectivity index (χ2v) is 7.86. The molecule has 0 aliphatic rings. The van der Waals surface area contributed by atoms with Crippen molar-refractivity contribution in [2.24, 2.45) is 0 Å². The molecule has 1 N–H and O–H groups in total. The van der Waals surface area contributed by atoms with Crippen LogP contribution in [0.4, 0.5) is 0 Å². The maximum absolute atomic E-state index is 12.9. The summed E-state index contributed by atoms with van der Waals surface area (Å²) in [4.78, 5) is 15.0. The number of hydrogen-bond donors (Lipinski definition) is 1. The van der Waals surface area contributed by atoms with Crippen LogP contribution in [0.1, 0.15) is 35.8 Å². The van der Waals surface area contributed by atoms with Crippen molar-refractivity contribution in [2.75, 3.05) is 14.1 Å². The van der Waals surface area contributed by atoms with Gasteiger partial charge in [0.05, 0.1) is 21.7 Å². The minimum absolute atomic E-state index is 0.225. The molecule has 0 saturated heterocycles. The van der Waals surface area contributed by atoms with Gasteiger partial charge in [0, 0.05) is 10.6 Å². The number of benzene rings is 2. The fraction of sp³-hybridized carbons (Fsp3) is 0.316. The Morgan fingerprint density at radius 1 is 1.04 bits per heavy atom. The quantitative estimate of drug-likeness (QED) is 0.724. The molecule has 0 saturated carbocycles. The lowest BCUT2D eigenvalue weighted by atomic mass is 9.87. The normalized spacial score (nSPS) is 13.0. The lowest BCUT2D eigenvalue weighted by Crippen LogP contribution is -2.50. The van der Waals surface area contributed by atoms with Crippen molar-refractivity contribution >= 4 is 40.7 Å². The Hall–Kier alpha value is -1.26. The van der Waals surface area contributed by atoms with Crippen LogP contribution in [0.3, 0.4) is 0 Å². The summed E-state index contributed by atoms with van der Waals surface area (Å²) in [5, 5.41) is 3.92. The molecule has 0 bridgehead atoms. The third kappa shape index (κ3) is 4.48. The molecule has 2 rings (SSSR count). The molecule has 1 amide bonds. The van der Waals surface area contributed by atoms with Crippen LogP contribution in [0, 0.1) is 0 Å². The van der Waals surface area contributed by atoms with Crippen LogP contribution in [0.25, 0.3) is 0 Å². The first-order chi connectivity index (χ1) is 11.6. The molecular weight excluding hydrogens is 379 g/mol. The highest BCUT2D eigenvalue weighted by Crippen LogP contribution is 2.33. The van der Waals surface area contributed by atoms with Crippen molar-refractivity contribution in [3.63, 3.8) is 0 Å². The molecule has 0 aliphatic heterocycles. The van der Waals surface area contributed by atoms with E-state index in [0.29, 0.717) is 5.02 Å². The van der Waals surface area contributed by atoms with E-state index in [1.807, 2.05) is 44.4 Å². The van der Waals surface area contributed by atoms with Crippen molar-refractivity contribution in [1.29, 1.82) is 0 Å². The van der Waals surface area contributed by atoms with E-state index >= 15 is 0 Å². The number of amides is 1. The highest BCUT2D eigenvalue weighted by Gasteiger charge is 2.35. The van der Waals surface area contributed by atoms with Gasteiger partial charge in [0.1, 0.15) is 0 Å². The SMILES string of the molecule is CN(C)C(C)(C)C(NC(=O)c1c(Cl)cc(Cl)cc1Cl)c1ccccc1. The lowest BCUT2D eigenvalue weighted by Gasteiger charge is -2.41. The van der Waals surface area contributed by atoms with E-state index in [1.54, 1.807) is 0 Å². The summed E-state index contributed by atoms with van der Waals surface area (Å²) in [7, 11) is 3.95. The molecule has 0 fully saturated rings. The number of carbonyl (C=O) groups is 1. The van der Waals surface area contributed by atoms with Gasteiger partial charge in [-0.2, -0.15) is 0 Å². The number of halogens is 3. The van der Waals surface area contributed by atoms with E-state index in [0.717, 1.165) is 5.56 Å². The minimum Gasteiger partial charge on any atom is -0.343 e. The van der Waals surface area contributed by atoms with Crippen LogP contribution in [0.15, 0.2) is 42.5 Å². The Morgan fingerprint density at radius 3 is 2.04 bits per heavy atom. The molecule has 25 heavy (non-hydrogen) atoms. The molecule has 134 valence electrons. The van der Waals surface area contributed by atoms with Gasteiger partial charge in [0.15, 0.2) is 0 Å². The van der Waals surface area contributed by atoms with Crippen LogP contribution in [-0.2, 0) is 0 Å². The van der Waals surface area contributed by atoms with E-state index in [2.05, 4.69) is 24.1 Å². The molecule has 0 heterocycles. The Labute approximate surface area is 163 Å². The maximum Gasteiger partial charge on any atom is 0.254 e. The zero-order valence-electron chi connectivity index (χ0n) is 14.6. The zero-order chi connectivity index (χ0) is 18.8. The lowest BCUT2D eigenvalue weighted by molar-refractivity contribution is 0.0840. The first-order valence-corrected chi connectivity index (χ1v) is 8.95. The molecule has 1 unspecified atom stereocenters. The third-order valence-corrected chi connectivity index (χ3v) is 5.32. The first-order valence-electron chi connectivity index (χ1n) is 7.82. The predicted octanol–water partition coefficient (Wildman–Crippen LogP) is 5.46. The second-order valence-electron chi connectivity index (χ2n) is 6.61. The second kappa shape index (κ2) is 7.96.